The van der Waals surface area contributed by atoms with Gasteiger partial charge in [0.25, 0.3) is 0 Å². The summed E-state index contributed by atoms with van der Waals surface area (Å²) in [4.78, 5) is 14.3. The molecule has 0 spiro atoms. The van der Waals surface area contributed by atoms with Crippen molar-refractivity contribution in [3.8, 4) is 5.75 Å². The zero-order chi connectivity index (χ0) is 15.5. The molecule has 1 heterocycles. The van der Waals surface area contributed by atoms with Gasteiger partial charge in [0, 0.05) is 18.5 Å². The third kappa shape index (κ3) is 2.98. The highest BCUT2D eigenvalue weighted by atomic mass is 16.6. The van der Waals surface area contributed by atoms with Crippen molar-refractivity contribution < 1.29 is 9.53 Å². The van der Waals surface area contributed by atoms with E-state index in [-0.39, 0.29) is 6.09 Å². The van der Waals surface area contributed by atoms with Gasteiger partial charge in [0.2, 0.25) is 0 Å². The van der Waals surface area contributed by atoms with Gasteiger partial charge in [-0.05, 0) is 62.0 Å². The molecule has 2 aliphatic rings. The number of ether oxygens (including phenoxy) is 1. The van der Waals surface area contributed by atoms with E-state index < -0.39 is 0 Å². The molecule has 1 amide bonds. The van der Waals surface area contributed by atoms with E-state index in [2.05, 4.69) is 29.3 Å². The Morgan fingerprint density at radius 2 is 2.23 bits per heavy atom. The number of likely N-dealkylation sites (tertiary alicyclic amines) is 1. The van der Waals surface area contributed by atoms with Crippen LogP contribution in [0.15, 0.2) is 18.2 Å². The number of nitrogens with zero attached hydrogens (tertiary/aromatic N) is 1. The van der Waals surface area contributed by atoms with Gasteiger partial charge in [-0.1, -0.05) is 19.9 Å². The van der Waals surface area contributed by atoms with Crippen LogP contribution in [0.2, 0.25) is 0 Å². The highest BCUT2D eigenvalue weighted by molar-refractivity contribution is 5.70. The number of benzene rings is 1. The molecule has 4 heteroatoms. The van der Waals surface area contributed by atoms with Gasteiger partial charge in [-0.15, -0.1) is 0 Å². The van der Waals surface area contributed by atoms with E-state index in [9.17, 15) is 4.79 Å². The van der Waals surface area contributed by atoms with Crippen LogP contribution < -0.4 is 10.1 Å². The first-order valence-corrected chi connectivity index (χ1v) is 8.55. The minimum absolute atomic E-state index is 0.352. The Morgan fingerprint density at radius 3 is 3.00 bits per heavy atom. The summed E-state index contributed by atoms with van der Waals surface area (Å²) in [6.45, 7) is 7.32. The Morgan fingerprint density at radius 1 is 1.36 bits per heavy atom. The quantitative estimate of drug-likeness (QED) is 0.907. The van der Waals surface area contributed by atoms with E-state index in [4.69, 9.17) is 4.74 Å². The summed E-state index contributed by atoms with van der Waals surface area (Å²) in [5.74, 6) is 1.28. The molecule has 2 atom stereocenters. The molecule has 0 aromatic heterocycles. The summed E-state index contributed by atoms with van der Waals surface area (Å²) < 4.78 is 5.40. The lowest BCUT2D eigenvalue weighted by Crippen LogP contribution is -2.31. The molecule has 1 aromatic carbocycles. The number of hydrogen-bond acceptors (Lipinski definition) is 3. The molecule has 1 aliphatic carbocycles. The Balaban J connectivity index is 1.70. The molecule has 120 valence electrons. The number of nitrogens with one attached hydrogen (secondary N) is 1. The average molecular weight is 302 g/mol. The Labute approximate surface area is 132 Å². The lowest BCUT2D eigenvalue weighted by Gasteiger charge is -2.22. The van der Waals surface area contributed by atoms with Gasteiger partial charge in [0.05, 0.1) is 0 Å². The molecule has 22 heavy (non-hydrogen) atoms. The van der Waals surface area contributed by atoms with E-state index in [0.717, 1.165) is 12.8 Å². The molecule has 1 N–H and O–H groups in total. The maximum Gasteiger partial charge on any atom is 0.412 e. The molecule has 0 saturated carbocycles. The molecule has 1 aliphatic heterocycles. The van der Waals surface area contributed by atoms with Crippen molar-refractivity contribution in [1.29, 1.82) is 0 Å². The summed E-state index contributed by atoms with van der Waals surface area (Å²) in [6.07, 6.45) is 4.14. The number of carbonyl (C=O) groups is 1. The Hall–Kier alpha value is -1.55. The monoisotopic (exact) mass is 302 g/mol. The van der Waals surface area contributed by atoms with Crippen molar-refractivity contribution in [2.75, 3.05) is 19.6 Å². The van der Waals surface area contributed by atoms with Crippen LogP contribution in [-0.2, 0) is 6.42 Å². The maximum atomic E-state index is 11.7. The fourth-order valence-electron chi connectivity index (χ4n) is 3.88. The molecule has 0 unspecified atom stereocenters. The summed E-state index contributed by atoms with van der Waals surface area (Å²) in [5.41, 5.74) is 2.82. The lowest BCUT2D eigenvalue weighted by atomic mass is 9.98. The SMILES string of the molecule is CCCNC(=O)Oc1ccc2c(c1)[C@@H]1CCN(CCC)[C@@H]1C2. The van der Waals surface area contributed by atoms with E-state index >= 15 is 0 Å². The first kappa shape index (κ1) is 15.3. The number of fused-ring (bicyclic) bond motifs is 3. The molecule has 0 radical (unpaired) electrons. The zero-order valence-corrected chi connectivity index (χ0v) is 13.6. The summed E-state index contributed by atoms with van der Waals surface area (Å²) in [7, 11) is 0. The molecule has 3 rings (SSSR count). The predicted octanol–water partition coefficient (Wildman–Crippen LogP) is 3.31. The van der Waals surface area contributed by atoms with Gasteiger partial charge in [-0.3, -0.25) is 4.90 Å². The van der Waals surface area contributed by atoms with Crippen LogP contribution in [0.3, 0.4) is 0 Å². The van der Waals surface area contributed by atoms with Gasteiger partial charge in [0.15, 0.2) is 0 Å². The van der Waals surface area contributed by atoms with Crippen molar-refractivity contribution in [3.63, 3.8) is 0 Å². The largest absolute Gasteiger partial charge is 0.412 e. The number of rotatable bonds is 5. The fraction of sp³-hybridized carbons (Fsp3) is 0.611. The van der Waals surface area contributed by atoms with Gasteiger partial charge >= 0.3 is 6.09 Å². The van der Waals surface area contributed by atoms with Crippen LogP contribution >= 0.6 is 0 Å². The second kappa shape index (κ2) is 6.69. The standard InChI is InChI=1S/C18H26N2O2/c1-3-8-19-18(21)22-14-6-5-13-11-17-15(16(13)12-14)7-10-20(17)9-4-2/h5-6,12,15,17H,3-4,7-11H2,1-2H3,(H,19,21)/t15-,17+/m0/s1. The molecule has 1 aromatic rings. The molecular formula is C18H26N2O2. The van der Waals surface area contributed by atoms with E-state index in [1.165, 1.54) is 37.1 Å². The normalized spacial score (nSPS) is 23.2. The van der Waals surface area contributed by atoms with Crippen LogP contribution in [0, 0.1) is 0 Å². The van der Waals surface area contributed by atoms with E-state index in [0.29, 0.717) is 24.3 Å². The van der Waals surface area contributed by atoms with Crippen molar-refractivity contribution in [2.24, 2.45) is 0 Å². The van der Waals surface area contributed by atoms with Crippen LogP contribution in [0.25, 0.3) is 0 Å². The van der Waals surface area contributed by atoms with E-state index in [1.807, 2.05) is 13.0 Å². The third-order valence-corrected chi connectivity index (χ3v) is 4.85. The van der Waals surface area contributed by atoms with Crippen LogP contribution in [0.1, 0.15) is 50.2 Å². The predicted molar refractivity (Wildman–Crippen MR) is 87.5 cm³/mol. The van der Waals surface area contributed by atoms with Gasteiger partial charge < -0.3 is 10.1 Å². The fourth-order valence-corrected chi connectivity index (χ4v) is 3.88. The van der Waals surface area contributed by atoms with Crippen molar-refractivity contribution in [2.45, 2.75) is 51.5 Å². The molecule has 0 bridgehead atoms. The van der Waals surface area contributed by atoms with Crippen molar-refractivity contribution in [3.05, 3.63) is 29.3 Å². The molecular weight excluding hydrogens is 276 g/mol. The van der Waals surface area contributed by atoms with Gasteiger partial charge in [-0.2, -0.15) is 0 Å². The summed E-state index contributed by atoms with van der Waals surface area (Å²) in [6, 6.07) is 6.80. The number of amides is 1. The van der Waals surface area contributed by atoms with Gasteiger partial charge in [0.1, 0.15) is 5.75 Å². The van der Waals surface area contributed by atoms with Crippen LogP contribution in [0.4, 0.5) is 4.79 Å². The zero-order valence-electron chi connectivity index (χ0n) is 13.6. The van der Waals surface area contributed by atoms with Crippen molar-refractivity contribution >= 4 is 6.09 Å². The molecule has 1 fully saturated rings. The van der Waals surface area contributed by atoms with Crippen LogP contribution in [-0.4, -0.2) is 36.7 Å². The van der Waals surface area contributed by atoms with Crippen LogP contribution in [0.5, 0.6) is 5.75 Å². The topological polar surface area (TPSA) is 41.6 Å². The second-order valence-electron chi connectivity index (χ2n) is 6.38. The highest BCUT2D eigenvalue weighted by Gasteiger charge is 2.40. The smallest absolute Gasteiger partial charge is 0.410 e. The molecule has 4 nitrogen and oxygen atoms in total. The second-order valence-corrected chi connectivity index (χ2v) is 6.38. The highest BCUT2D eigenvalue weighted by Crippen LogP contribution is 2.44. The minimum atomic E-state index is -0.352. The lowest BCUT2D eigenvalue weighted by molar-refractivity contribution is 0.200. The first-order valence-electron chi connectivity index (χ1n) is 8.55. The first-order chi connectivity index (χ1) is 10.7. The maximum absolute atomic E-state index is 11.7. The van der Waals surface area contributed by atoms with Crippen molar-refractivity contribution in [1.82, 2.24) is 10.2 Å². The molecule has 1 saturated heterocycles. The Bertz CT molecular complexity index is 544. The Kier molecular flexibility index (Phi) is 4.67. The average Bonchev–Trinajstić information content (AvgIpc) is 3.06. The number of hydrogen-bond donors (Lipinski definition) is 1. The minimum Gasteiger partial charge on any atom is -0.410 e. The van der Waals surface area contributed by atoms with E-state index in [1.54, 1.807) is 0 Å². The number of carbonyl (C=O) groups excluding carboxylic acids is 1. The van der Waals surface area contributed by atoms with Gasteiger partial charge in [-0.25, -0.2) is 4.79 Å². The summed E-state index contributed by atoms with van der Waals surface area (Å²) >= 11 is 0. The third-order valence-electron chi connectivity index (χ3n) is 4.85. The summed E-state index contributed by atoms with van der Waals surface area (Å²) in [5, 5.41) is 2.75.